The van der Waals surface area contributed by atoms with Gasteiger partial charge in [0.2, 0.25) is 5.91 Å². The fourth-order valence-corrected chi connectivity index (χ4v) is 4.84. The molecule has 0 unspecified atom stereocenters. The normalized spacial score (nSPS) is 15.6. The van der Waals surface area contributed by atoms with Gasteiger partial charge in [-0.15, -0.1) is 0 Å². The second-order valence-corrected chi connectivity index (χ2v) is 9.89. The first-order chi connectivity index (χ1) is 18.6. The summed E-state index contributed by atoms with van der Waals surface area (Å²) in [6.45, 7) is 2.28. The minimum absolute atomic E-state index is 0.133. The summed E-state index contributed by atoms with van der Waals surface area (Å²) in [5.41, 5.74) is 2.61. The molecular formula is C30H32ClN3O4. The van der Waals surface area contributed by atoms with E-state index in [1.54, 1.807) is 25.3 Å². The van der Waals surface area contributed by atoms with Gasteiger partial charge in [0.1, 0.15) is 5.75 Å². The molecule has 1 aliphatic rings. The molecule has 7 nitrogen and oxygen atoms in total. The zero-order valence-corrected chi connectivity index (χ0v) is 22.2. The number of carbonyl (C=O) groups is 1. The summed E-state index contributed by atoms with van der Waals surface area (Å²) < 4.78 is 17.6. The van der Waals surface area contributed by atoms with Gasteiger partial charge in [-0.25, -0.2) is 0 Å². The number of hydrogen-bond donors (Lipinski definition) is 2. The number of halogens is 1. The highest BCUT2D eigenvalue weighted by Crippen LogP contribution is 2.36. The van der Waals surface area contributed by atoms with Crippen molar-refractivity contribution >= 4 is 34.1 Å². The molecule has 38 heavy (non-hydrogen) atoms. The number of ether oxygens (including phenoxy) is 3. The van der Waals surface area contributed by atoms with Crippen molar-refractivity contribution in [3.63, 3.8) is 0 Å². The van der Waals surface area contributed by atoms with Crippen LogP contribution < -0.4 is 19.5 Å². The van der Waals surface area contributed by atoms with E-state index in [1.807, 2.05) is 42.5 Å². The summed E-state index contributed by atoms with van der Waals surface area (Å²) in [7, 11) is 1.67. The van der Waals surface area contributed by atoms with E-state index in [-0.39, 0.29) is 12.5 Å². The third-order valence-corrected chi connectivity index (χ3v) is 6.79. The maximum Gasteiger partial charge on any atom is 0.238 e. The molecular weight excluding hydrogens is 502 g/mol. The number of H-pyrrole nitrogens is 1. The zero-order valence-electron chi connectivity index (χ0n) is 21.5. The highest BCUT2D eigenvalue weighted by Gasteiger charge is 2.17. The van der Waals surface area contributed by atoms with Gasteiger partial charge in [0.05, 0.1) is 25.9 Å². The number of nitrogens with zero attached hydrogens (tertiary/aromatic N) is 1. The molecule has 2 heterocycles. The Morgan fingerprint density at radius 1 is 0.947 bits per heavy atom. The molecule has 0 bridgehead atoms. The molecule has 0 atom stereocenters. The monoisotopic (exact) mass is 533 g/mol. The number of benzene rings is 3. The smallest absolute Gasteiger partial charge is 0.238 e. The van der Waals surface area contributed by atoms with Crippen molar-refractivity contribution in [3.05, 3.63) is 77.4 Å². The Hall–Kier alpha value is -3.68. The van der Waals surface area contributed by atoms with E-state index < -0.39 is 0 Å². The highest BCUT2D eigenvalue weighted by molar-refractivity contribution is 6.31. The minimum atomic E-state index is -0.133. The number of para-hydroxylation sites is 2. The Bertz CT molecular complexity index is 1400. The lowest BCUT2D eigenvalue weighted by Crippen LogP contribution is -2.34. The van der Waals surface area contributed by atoms with Gasteiger partial charge in [0.25, 0.3) is 0 Å². The molecule has 0 saturated carbocycles. The quantitative estimate of drug-likeness (QED) is 0.296. The van der Waals surface area contributed by atoms with Crippen LogP contribution in [-0.2, 0) is 11.3 Å². The number of carbonyl (C=O) groups excluding carboxylic acids is 1. The predicted octanol–water partition coefficient (Wildman–Crippen LogP) is 7.02. The standard InChI is InChI=1S/C30H32ClN3O4/c1-36-24-11-12-25-21(17-24)16-23(32-25)19-34-14-6-2-3-7-15-37-28-8-4-5-9-29(28)38-27-13-10-22(31)18-26(27)33-30(35)20-34/h4-5,8-13,16-18,32H,2-3,6-7,14-15,19-20H2,1H3,(H,33,35). The number of fused-ring (bicyclic) bond motifs is 3. The maximum absolute atomic E-state index is 13.2. The average molecular weight is 534 g/mol. The van der Waals surface area contributed by atoms with Gasteiger partial charge in [-0.05, 0) is 74.0 Å². The van der Waals surface area contributed by atoms with Crippen LogP contribution in [0.2, 0.25) is 5.02 Å². The lowest BCUT2D eigenvalue weighted by Gasteiger charge is -2.22. The molecule has 5 rings (SSSR count). The van der Waals surface area contributed by atoms with Crippen LogP contribution in [0.4, 0.5) is 5.69 Å². The summed E-state index contributed by atoms with van der Waals surface area (Å²) in [5.74, 6) is 2.45. The molecule has 8 heteroatoms. The SMILES string of the molecule is COc1ccc2[nH]c(CN3CCCCCCOc4ccccc4Oc4ccc(Cl)cc4NC(=O)C3)cc2c1. The molecule has 1 amide bonds. The molecule has 0 radical (unpaired) electrons. The van der Waals surface area contributed by atoms with Gasteiger partial charge < -0.3 is 24.5 Å². The molecule has 4 aromatic rings. The predicted molar refractivity (Wildman–Crippen MR) is 151 cm³/mol. The number of methoxy groups -OCH3 is 1. The zero-order chi connectivity index (χ0) is 26.3. The fourth-order valence-electron chi connectivity index (χ4n) is 4.66. The molecule has 2 N–H and O–H groups in total. The van der Waals surface area contributed by atoms with Crippen molar-refractivity contribution in [2.24, 2.45) is 0 Å². The van der Waals surface area contributed by atoms with Crippen molar-refractivity contribution in [1.82, 2.24) is 9.88 Å². The van der Waals surface area contributed by atoms with Crippen LogP contribution in [0.15, 0.2) is 66.7 Å². The minimum Gasteiger partial charge on any atom is -0.497 e. The van der Waals surface area contributed by atoms with Crippen molar-refractivity contribution in [2.75, 3.05) is 32.1 Å². The van der Waals surface area contributed by atoms with Gasteiger partial charge in [0.15, 0.2) is 17.2 Å². The van der Waals surface area contributed by atoms with E-state index in [9.17, 15) is 4.79 Å². The van der Waals surface area contributed by atoms with Crippen molar-refractivity contribution in [1.29, 1.82) is 0 Å². The maximum atomic E-state index is 13.2. The number of aromatic nitrogens is 1. The molecule has 1 aliphatic heterocycles. The molecule has 0 spiro atoms. The molecule has 0 saturated heterocycles. The fraction of sp³-hybridized carbons (Fsp3) is 0.300. The number of rotatable bonds is 3. The third-order valence-electron chi connectivity index (χ3n) is 6.56. The first kappa shape index (κ1) is 25.9. The van der Waals surface area contributed by atoms with Crippen molar-refractivity contribution in [2.45, 2.75) is 32.2 Å². The van der Waals surface area contributed by atoms with E-state index in [1.165, 1.54) is 0 Å². The van der Waals surface area contributed by atoms with Gasteiger partial charge in [0, 0.05) is 28.2 Å². The molecule has 0 fully saturated rings. The summed E-state index contributed by atoms with van der Waals surface area (Å²) >= 11 is 6.28. The summed E-state index contributed by atoms with van der Waals surface area (Å²) in [6, 6.07) is 20.9. The number of anilines is 1. The topological polar surface area (TPSA) is 75.8 Å². The summed E-state index contributed by atoms with van der Waals surface area (Å²) in [4.78, 5) is 18.9. The van der Waals surface area contributed by atoms with Crippen molar-refractivity contribution in [3.8, 4) is 23.0 Å². The van der Waals surface area contributed by atoms with Crippen LogP contribution in [0.1, 0.15) is 31.4 Å². The largest absolute Gasteiger partial charge is 0.497 e. The lowest BCUT2D eigenvalue weighted by molar-refractivity contribution is -0.117. The van der Waals surface area contributed by atoms with E-state index in [4.69, 9.17) is 25.8 Å². The Morgan fingerprint density at radius 3 is 2.66 bits per heavy atom. The molecule has 1 aromatic heterocycles. The Kier molecular flexibility index (Phi) is 8.36. The molecule has 198 valence electrons. The van der Waals surface area contributed by atoms with Gasteiger partial charge in [-0.2, -0.15) is 0 Å². The summed E-state index contributed by atoms with van der Waals surface area (Å²) in [5, 5.41) is 4.61. The van der Waals surface area contributed by atoms with E-state index >= 15 is 0 Å². The van der Waals surface area contributed by atoms with Crippen LogP contribution in [0.3, 0.4) is 0 Å². The Balaban J connectivity index is 1.37. The number of aromatic amines is 1. The van der Waals surface area contributed by atoms with Crippen LogP contribution in [-0.4, -0.2) is 42.6 Å². The van der Waals surface area contributed by atoms with Crippen LogP contribution in [0.5, 0.6) is 23.0 Å². The van der Waals surface area contributed by atoms with Crippen LogP contribution in [0.25, 0.3) is 10.9 Å². The Labute approximate surface area is 227 Å². The Morgan fingerprint density at radius 2 is 1.79 bits per heavy atom. The van der Waals surface area contributed by atoms with Gasteiger partial charge in [-0.3, -0.25) is 9.69 Å². The summed E-state index contributed by atoms with van der Waals surface area (Å²) in [6.07, 6.45) is 4.05. The van der Waals surface area contributed by atoms with E-state index in [0.29, 0.717) is 41.1 Å². The second kappa shape index (κ2) is 12.2. The van der Waals surface area contributed by atoms with E-state index in [2.05, 4.69) is 21.3 Å². The first-order valence-electron chi connectivity index (χ1n) is 12.9. The second-order valence-electron chi connectivity index (χ2n) is 9.46. The molecule has 0 aliphatic carbocycles. The van der Waals surface area contributed by atoms with Crippen LogP contribution in [0, 0.1) is 0 Å². The third kappa shape index (κ3) is 6.60. The van der Waals surface area contributed by atoms with E-state index in [0.717, 1.165) is 54.6 Å². The van der Waals surface area contributed by atoms with Gasteiger partial charge >= 0.3 is 0 Å². The molecule has 3 aromatic carbocycles. The lowest BCUT2D eigenvalue weighted by atomic mass is 10.2. The number of amides is 1. The van der Waals surface area contributed by atoms with Crippen molar-refractivity contribution < 1.29 is 19.0 Å². The average Bonchev–Trinajstić information content (AvgIpc) is 3.31. The van der Waals surface area contributed by atoms with Crippen LogP contribution >= 0.6 is 11.6 Å². The van der Waals surface area contributed by atoms with Gasteiger partial charge in [-0.1, -0.05) is 36.6 Å². The highest BCUT2D eigenvalue weighted by atomic mass is 35.5. The number of hydrogen-bond acceptors (Lipinski definition) is 5. The first-order valence-corrected chi connectivity index (χ1v) is 13.3. The number of nitrogens with one attached hydrogen (secondary N) is 2.